The second-order valence-corrected chi connectivity index (χ2v) is 5.48. The number of benzene rings is 1. The highest BCUT2D eigenvalue weighted by Crippen LogP contribution is 2.25. The van der Waals surface area contributed by atoms with Crippen LogP contribution in [0.15, 0.2) is 18.2 Å². The van der Waals surface area contributed by atoms with Gasteiger partial charge < -0.3 is 11.5 Å². The standard InChI is InChI=1S/C15H22FN3O/c16-13-6-11(8-17)5-12(7-13)9-19(10-15(18)20)14-3-1-2-4-14/h5-7,14H,1-4,8-10,17H2,(H2,18,20). The van der Waals surface area contributed by atoms with Crippen molar-refractivity contribution in [2.45, 2.75) is 44.8 Å². The number of hydrogen-bond acceptors (Lipinski definition) is 3. The van der Waals surface area contributed by atoms with Crippen LogP contribution in [0.4, 0.5) is 4.39 Å². The molecule has 20 heavy (non-hydrogen) atoms. The van der Waals surface area contributed by atoms with Gasteiger partial charge in [0.25, 0.3) is 0 Å². The van der Waals surface area contributed by atoms with E-state index in [-0.39, 0.29) is 18.3 Å². The molecule has 1 aliphatic rings. The molecule has 0 bridgehead atoms. The van der Waals surface area contributed by atoms with Gasteiger partial charge in [-0.2, -0.15) is 0 Å². The first-order chi connectivity index (χ1) is 9.58. The van der Waals surface area contributed by atoms with E-state index in [4.69, 9.17) is 11.5 Å². The number of rotatable bonds is 6. The number of hydrogen-bond donors (Lipinski definition) is 2. The van der Waals surface area contributed by atoms with Crippen LogP contribution in [0.25, 0.3) is 0 Å². The third-order valence-corrected chi connectivity index (χ3v) is 3.84. The normalized spacial score (nSPS) is 15.9. The van der Waals surface area contributed by atoms with E-state index in [9.17, 15) is 9.18 Å². The van der Waals surface area contributed by atoms with Crippen LogP contribution < -0.4 is 11.5 Å². The maximum Gasteiger partial charge on any atom is 0.231 e. The smallest absolute Gasteiger partial charge is 0.231 e. The third kappa shape index (κ3) is 4.02. The van der Waals surface area contributed by atoms with Gasteiger partial charge in [0.05, 0.1) is 6.54 Å². The van der Waals surface area contributed by atoms with Crippen molar-refractivity contribution in [2.75, 3.05) is 6.54 Å². The number of nitrogens with zero attached hydrogens (tertiary/aromatic N) is 1. The first kappa shape index (κ1) is 14.9. The Balaban J connectivity index is 2.13. The Kier molecular flexibility index (Phi) is 5.09. The van der Waals surface area contributed by atoms with Crippen LogP contribution in [0.5, 0.6) is 0 Å². The molecule has 110 valence electrons. The molecule has 1 aromatic carbocycles. The summed E-state index contributed by atoms with van der Waals surface area (Å²) in [7, 11) is 0. The average molecular weight is 279 g/mol. The number of primary amides is 1. The molecule has 1 aromatic rings. The summed E-state index contributed by atoms with van der Waals surface area (Å²) in [6.07, 6.45) is 4.51. The minimum Gasteiger partial charge on any atom is -0.369 e. The quantitative estimate of drug-likeness (QED) is 0.829. The molecule has 0 aliphatic heterocycles. The SMILES string of the molecule is NCc1cc(F)cc(CN(CC(N)=O)C2CCCC2)c1. The van der Waals surface area contributed by atoms with E-state index < -0.39 is 0 Å². The molecule has 1 saturated carbocycles. The first-order valence-corrected chi connectivity index (χ1v) is 7.09. The summed E-state index contributed by atoms with van der Waals surface area (Å²) in [5, 5.41) is 0. The monoisotopic (exact) mass is 279 g/mol. The molecule has 5 heteroatoms. The summed E-state index contributed by atoms with van der Waals surface area (Å²) in [6.45, 7) is 1.07. The number of halogens is 1. The van der Waals surface area contributed by atoms with Crippen LogP contribution in [0.2, 0.25) is 0 Å². The van der Waals surface area contributed by atoms with Crippen LogP contribution >= 0.6 is 0 Å². The number of amides is 1. The van der Waals surface area contributed by atoms with E-state index in [0.717, 1.165) is 24.0 Å². The molecular weight excluding hydrogens is 257 g/mol. The highest BCUT2D eigenvalue weighted by atomic mass is 19.1. The van der Waals surface area contributed by atoms with E-state index in [2.05, 4.69) is 4.90 Å². The van der Waals surface area contributed by atoms with Gasteiger partial charge in [0.1, 0.15) is 5.82 Å². The van der Waals surface area contributed by atoms with Crippen molar-refractivity contribution in [3.63, 3.8) is 0 Å². The van der Waals surface area contributed by atoms with Crippen LogP contribution in [0, 0.1) is 5.82 Å². The Morgan fingerprint density at radius 1 is 1.25 bits per heavy atom. The van der Waals surface area contributed by atoms with Gasteiger partial charge in [0, 0.05) is 19.1 Å². The fraction of sp³-hybridized carbons (Fsp3) is 0.533. The van der Waals surface area contributed by atoms with Crippen LogP contribution in [-0.4, -0.2) is 23.4 Å². The largest absolute Gasteiger partial charge is 0.369 e. The van der Waals surface area contributed by atoms with Gasteiger partial charge in [-0.05, 0) is 36.1 Å². The van der Waals surface area contributed by atoms with Crippen molar-refractivity contribution in [3.8, 4) is 0 Å². The first-order valence-electron chi connectivity index (χ1n) is 7.09. The highest BCUT2D eigenvalue weighted by molar-refractivity contribution is 5.76. The zero-order valence-corrected chi connectivity index (χ0v) is 11.6. The van der Waals surface area contributed by atoms with Crippen LogP contribution in [0.3, 0.4) is 0 Å². The fourth-order valence-corrected chi connectivity index (χ4v) is 2.94. The Bertz CT molecular complexity index is 472. The molecule has 1 fully saturated rings. The topological polar surface area (TPSA) is 72.3 Å². The molecule has 0 saturated heterocycles. The second-order valence-electron chi connectivity index (χ2n) is 5.48. The van der Waals surface area contributed by atoms with E-state index in [0.29, 0.717) is 19.1 Å². The van der Waals surface area contributed by atoms with Crippen molar-refractivity contribution in [1.82, 2.24) is 4.90 Å². The van der Waals surface area contributed by atoms with Gasteiger partial charge in [-0.3, -0.25) is 9.69 Å². The van der Waals surface area contributed by atoms with E-state index in [1.54, 1.807) is 0 Å². The predicted octanol–water partition coefficient (Wildman–Crippen LogP) is 1.51. The number of nitrogens with two attached hydrogens (primary N) is 2. The summed E-state index contributed by atoms with van der Waals surface area (Å²) < 4.78 is 13.5. The second kappa shape index (κ2) is 6.81. The molecule has 4 nitrogen and oxygen atoms in total. The molecule has 4 N–H and O–H groups in total. The Hall–Kier alpha value is -1.46. The molecule has 0 heterocycles. The summed E-state index contributed by atoms with van der Waals surface area (Å²) in [5.74, 6) is -0.624. The predicted molar refractivity (Wildman–Crippen MR) is 76.2 cm³/mol. The molecule has 1 aliphatic carbocycles. The van der Waals surface area contributed by atoms with Crippen molar-refractivity contribution in [3.05, 3.63) is 35.1 Å². The lowest BCUT2D eigenvalue weighted by atomic mass is 10.1. The lowest BCUT2D eigenvalue weighted by Crippen LogP contribution is -2.39. The van der Waals surface area contributed by atoms with Crippen LogP contribution in [0.1, 0.15) is 36.8 Å². The molecule has 0 spiro atoms. The molecule has 0 unspecified atom stereocenters. The zero-order valence-electron chi connectivity index (χ0n) is 11.6. The summed E-state index contributed by atoms with van der Waals surface area (Å²) in [5.41, 5.74) is 12.5. The Morgan fingerprint density at radius 3 is 2.50 bits per heavy atom. The molecule has 0 atom stereocenters. The van der Waals surface area contributed by atoms with Crippen molar-refractivity contribution < 1.29 is 9.18 Å². The minimum atomic E-state index is -0.340. The molecular formula is C15H22FN3O. The van der Waals surface area contributed by atoms with E-state index >= 15 is 0 Å². The van der Waals surface area contributed by atoms with Crippen molar-refractivity contribution in [1.29, 1.82) is 0 Å². The maximum absolute atomic E-state index is 13.5. The van der Waals surface area contributed by atoms with Crippen molar-refractivity contribution in [2.24, 2.45) is 11.5 Å². The van der Waals surface area contributed by atoms with Gasteiger partial charge in [-0.1, -0.05) is 18.9 Å². The molecule has 0 aromatic heterocycles. The van der Waals surface area contributed by atoms with Crippen LogP contribution in [-0.2, 0) is 17.9 Å². The lowest BCUT2D eigenvalue weighted by Gasteiger charge is -2.27. The average Bonchev–Trinajstić information content (AvgIpc) is 2.90. The third-order valence-electron chi connectivity index (χ3n) is 3.84. The highest BCUT2D eigenvalue weighted by Gasteiger charge is 2.24. The Morgan fingerprint density at radius 2 is 1.90 bits per heavy atom. The van der Waals surface area contributed by atoms with Gasteiger partial charge in [0.2, 0.25) is 5.91 Å². The molecule has 2 rings (SSSR count). The summed E-state index contributed by atoms with van der Waals surface area (Å²) >= 11 is 0. The lowest BCUT2D eigenvalue weighted by molar-refractivity contribution is -0.119. The van der Waals surface area contributed by atoms with Gasteiger partial charge in [-0.15, -0.1) is 0 Å². The Labute approximate surface area is 118 Å². The van der Waals surface area contributed by atoms with E-state index in [1.807, 2.05) is 6.07 Å². The minimum absolute atomic E-state index is 0.221. The zero-order chi connectivity index (χ0) is 14.5. The number of carbonyl (C=O) groups excluding carboxylic acids is 1. The van der Waals surface area contributed by atoms with E-state index in [1.165, 1.54) is 25.0 Å². The summed E-state index contributed by atoms with van der Waals surface area (Å²) in [6, 6.07) is 5.21. The van der Waals surface area contributed by atoms with Gasteiger partial charge in [-0.25, -0.2) is 4.39 Å². The van der Waals surface area contributed by atoms with Crippen molar-refractivity contribution >= 4 is 5.91 Å². The van der Waals surface area contributed by atoms with Gasteiger partial charge in [0.15, 0.2) is 0 Å². The molecule has 1 amide bonds. The van der Waals surface area contributed by atoms with Gasteiger partial charge >= 0.3 is 0 Å². The number of carbonyl (C=O) groups is 1. The maximum atomic E-state index is 13.5. The fourth-order valence-electron chi connectivity index (χ4n) is 2.94. The molecule has 0 radical (unpaired) electrons. The summed E-state index contributed by atoms with van der Waals surface area (Å²) in [4.78, 5) is 13.3.